The number of hydrogen-bond donors (Lipinski definition) is 0. The van der Waals surface area contributed by atoms with Crippen molar-refractivity contribution in [1.29, 1.82) is 0 Å². The highest BCUT2D eigenvalue weighted by Gasteiger charge is 2.35. The van der Waals surface area contributed by atoms with Crippen molar-refractivity contribution in [3.05, 3.63) is 15.9 Å². The van der Waals surface area contributed by atoms with E-state index in [2.05, 4.69) is 82.0 Å². The fraction of sp³-hybridized carbons (Fsp3) is 0.789. The van der Waals surface area contributed by atoms with E-state index in [1.54, 1.807) is 20.8 Å². The van der Waals surface area contributed by atoms with E-state index in [0.717, 1.165) is 0 Å². The first kappa shape index (κ1) is 20.3. The van der Waals surface area contributed by atoms with Crippen LogP contribution in [0.5, 0.6) is 0 Å². The van der Waals surface area contributed by atoms with Crippen LogP contribution in [0.2, 0.25) is 19.6 Å². The molecule has 0 N–H and O–H groups in total. The lowest BCUT2D eigenvalue weighted by Gasteiger charge is -2.37. The van der Waals surface area contributed by atoms with Gasteiger partial charge in [-0.2, -0.15) is 0 Å². The van der Waals surface area contributed by atoms with Crippen LogP contribution in [0.1, 0.15) is 78.2 Å². The zero-order valence-electron chi connectivity index (χ0n) is 16.9. The highest BCUT2D eigenvalue weighted by Crippen LogP contribution is 2.47. The lowest BCUT2D eigenvalue weighted by atomic mass is 9.81. The molecule has 0 aliphatic rings. The van der Waals surface area contributed by atoms with Gasteiger partial charge in [-0.3, -0.25) is 0 Å². The third kappa shape index (κ3) is 4.65. The summed E-state index contributed by atoms with van der Waals surface area (Å²) in [5, 5.41) is 3.35. The molecule has 0 saturated carbocycles. The van der Waals surface area contributed by atoms with Gasteiger partial charge >= 0.3 is 0 Å². The van der Waals surface area contributed by atoms with Crippen LogP contribution in [-0.4, -0.2) is 8.07 Å². The van der Waals surface area contributed by atoms with Crippen LogP contribution in [0, 0.1) is 0 Å². The average molecular weight is 355 g/mol. The van der Waals surface area contributed by atoms with Gasteiger partial charge < -0.3 is 0 Å². The molecule has 0 radical (unpaired) electrons. The minimum Gasteiger partial charge on any atom is -0.0680 e. The summed E-state index contributed by atoms with van der Waals surface area (Å²) in [6.45, 7) is 29.1. The molecule has 3 heteroatoms. The molecule has 22 heavy (non-hydrogen) atoms. The molecule has 0 amide bonds. The topological polar surface area (TPSA) is 0 Å². The van der Waals surface area contributed by atoms with Crippen LogP contribution >= 0.6 is 16.4 Å². The quantitative estimate of drug-likeness (QED) is 0.465. The van der Waals surface area contributed by atoms with Crippen molar-refractivity contribution in [3.63, 3.8) is 0 Å². The minimum absolute atomic E-state index is 0.238. The smallest absolute Gasteiger partial charge is 0.0680 e. The summed E-state index contributed by atoms with van der Waals surface area (Å²) < 4.78 is 0. The van der Waals surface area contributed by atoms with Crippen molar-refractivity contribution in [2.75, 3.05) is 0 Å². The van der Waals surface area contributed by atoms with E-state index in [1.807, 2.05) is 0 Å². The van der Waals surface area contributed by atoms with E-state index >= 15 is 0 Å². The molecule has 1 rings (SSSR count). The van der Waals surface area contributed by atoms with E-state index in [9.17, 15) is 0 Å². The Labute approximate surface area is 143 Å². The Morgan fingerprint density at radius 2 is 1.09 bits per heavy atom. The first-order valence-corrected chi connectivity index (χ1v) is 13.7. The number of hydrogen-bond acceptors (Lipinski definition) is 0. The van der Waals surface area contributed by atoms with E-state index in [4.69, 9.17) is 0 Å². The van der Waals surface area contributed by atoms with Crippen LogP contribution in [-0.2, 0) is 16.2 Å². The van der Waals surface area contributed by atoms with Gasteiger partial charge in [0.15, 0.2) is 0 Å². The summed E-state index contributed by atoms with van der Waals surface area (Å²) in [5.74, 6) is 0. The zero-order chi connectivity index (χ0) is 17.7. The van der Waals surface area contributed by atoms with Crippen molar-refractivity contribution >= 4 is 29.4 Å². The summed E-state index contributed by atoms with van der Waals surface area (Å²) in [6.07, 6.45) is 0. The predicted molar refractivity (Wildman–Crippen MR) is 111 cm³/mol. The van der Waals surface area contributed by atoms with Gasteiger partial charge in [0.2, 0.25) is 0 Å². The van der Waals surface area contributed by atoms with E-state index in [1.165, 1.54) is 16.4 Å². The summed E-state index contributed by atoms with van der Waals surface area (Å²) in [4.78, 5) is 1.77. The molecular weight excluding hydrogens is 318 g/mol. The summed E-state index contributed by atoms with van der Waals surface area (Å²) in [5.41, 5.74) is 2.45. The van der Waals surface area contributed by atoms with Gasteiger partial charge in [0, 0.05) is 5.03 Å². The minimum atomic E-state index is -1.35. The second-order valence-corrected chi connectivity index (χ2v) is 18.6. The molecule has 1 aromatic heterocycles. The van der Waals surface area contributed by atoms with Crippen LogP contribution in [0.15, 0.2) is 0 Å². The van der Waals surface area contributed by atoms with Gasteiger partial charge in [0.25, 0.3) is 0 Å². The molecule has 0 aliphatic heterocycles. The fourth-order valence-corrected chi connectivity index (χ4v) is 9.34. The molecule has 0 unspecified atom stereocenters. The molecule has 0 nitrogen and oxygen atoms in total. The molecule has 1 heterocycles. The standard InChI is InChI=1S/C19H36P2Si/c1-17(2,3)13-14(18(4,5)6)20-16(19(7,8)9)21-15(13)22(10,11)12/h1-12H3. The first-order chi connectivity index (χ1) is 9.45. The first-order valence-electron chi connectivity index (χ1n) is 8.39. The monoisotopic (exact) mass is 354 g/mol. The SMILES string of the molecule is CC(C)(C)c1pc(C(C)(C)C)c(C(C)(C)C)c([Si](C)(C)C)p1. The molecule has 0 atom stereocenters. The highest BCUT2D eigenvalue weighted by atomic mass is 31.1. The van der Waals surface area contributed by atoms with Crippen LogP contribution in [0.25, 0.3) is 0 Å². The van der Waals surface area contributed by atoms with Gasteiger partial charge in [-0.15, -0.1) is 0 Å². The lowest BCUT2D eigenvalue weighted by molar-refractivity contribution is 0.543. The third-order valence-electron chi connectivity index (χ3n) is 3.75. The molecule has 0 saturated heterocycles. The maximum Gasteiger partial charge on any atom is 0.0839 e. The lowest BCUT2D eigenvalue weighted by Crippen LogP contribution is -2.43. The molecule has 1 aromatic rings. The summed E-state index contributed by atoms with van der Waals surface area (Å²) in [6, 6.07) is 0. The third-order valence-corrected chi connectivity index (χ3v) is 11.7. The van der Waals surface area contributed by atoms with Crippen molar-refractivity contribution in [1.82, 2.24) is 0 Å². The molecule has 0 aromatic carbocycles. The fourth-order valence-electron chi connectivity index (χ4n) is 2.59. The van der Waals surface area contributed by atoms with Gasteiger partial charge in [-0.05, 0) is 32.0 Å². The van der Waals surface area contributed by atoms with Crippen molar-refractivity contribution in [3.8, 4) is 0 Å². The second-order valence-electron chi connectivity index (χ2n) is 10.6. The highest BCUT2D eigenvalue weighted by molar-refractivity contribution is 7.53. The van der Waals surface area contributed by atoms with Gasteiger partial charge in [0.1, 0.15) is 0 Å². The average Bonchev–Trinajstić information content (AvgIpc) is 2.22. The Bertz CT molecular complexity index is 512. The van der Waals surface area contributed by atoms with Crippen molar-refractivity contribution < 1.29 is 0 Å². The predicted octanol–water partition coefficient (Wildman–Crippen LogP) is 7.28. The summed E-state index contributed by atoms with van der Waals surface area (Å²) >= 11 is 0. The largest absolute Gasteiger partial charge is 0.0839 e. The number of rotatable bonds is 1. The van der Waals surface area contributed by atoms with Gasteiger partial charge in [-0.25, -0.2) is 0 Å². The van der Waals surface area contributed by atoms with Crippen molar-refractivity contribution in [2.24, 2.45) is 0 Å². The molecule has 126 valence electrons. The van der Waals surface area contributed by atoms with Crippen LogP contribution in [0.4, 0.5) is 0 Å². The second kappa shape index (κ2) is 5.98. The molecule has 0 aliphatic carbocycles. The molecule has 0 spiro atoms. The Morgan fingerprint density at radius 1 is 0.636 bits per heavy atom. The normalized spacial score (nSPS) is 15.1. The maximum atomic E-state index is 2.52. The van der Waals surface area contributed by atoms with Crippen LogP contribution < -0.4 is 4.92 Å². The van der Waals surface area contributed by atoms with E-state index in [0.29, 0.717) is 0 Å². The Morgan fingerprint density at radius 3 is 1.36 bits per heavy atom. The Hall–Kier alpha value is 0.297. The van der Waals surface area contributed by atoms with E-state index in [-0.39, 0.29) is 16.2 Å². The molecule has 0 fully saturated rings. The summed E-state index contributed by atoms with van der Waals surface area (Å²) in [7, 11) is 1.67. The maximum absolute atomic E-state index is 2.52. The molecule has 0 bridgehead atoms. The molecular formula is C19H36P2Si. The van der Waals surface area contributed by atoms with Crippen LogP contribution in [0.3, 0.4) is 0 Å². The van der Waals surface area contributed by atoms with E-state index < -0.39 is 8.07 Å². The van der Waals surface area contributed by atoms with Gasteiger partial charge in [-0.1, -0.05) is 98.3 Å². The Balaban J connectivity index is 3.96. The zero-order valence-corrected chi connectivity index (χ0v) is 19.7. The Kier molecular flexibility index (Phi) is 5.53. The van der Waals surface area contributed by atoms with Crippen molar-refractivity contribution in [2.45, 2.75) is 98.2 Å². The van der Waals surface area contributed by atoms with Gasteiger partial charge in [0.05, 0.1) is 8.07 Å².